The number of carbonyl (C=O) groups is 1. The second kappa shape index (κ2) is 6.44. The Morgan fingerprint density at radius 2 is 2.29 bits per heavy atom. The van der Waals surface area contributed by atoms with Gasteiger partial charge in [-0.15, -0.1) is 11.6 Å². The summed E-state index contributed by atoms with van der Waals surface area (Å²) in [5.74, 6) is -0.864. The average molecular weight is 376 g/mol. The molecule has 3 nitrogen and oxygen atoms in total. The van der Waals surface area contributed by atoms with Gasteiger partial charge >= 0.3 is 5.97 Å². The number of carbonyl (C=O) groups excluding carboxylic acids is 1. The van der Waals surface area contributed by atoms with Crippen molar-refractivity contribution >= 4 is 40.2 Å². The van der Waals surface area contributed by atoms with Gasteiger partial charge in [-0.05, 0) is 29.5 Å². The van der Waals surface area contributed by atoms with Crippen LogP contribution in [0.5, 0.6) is 0 Å². The zero-order chi connectivity index (χ0) is 13.0. The van der Waals surface area contributed by atoms with Gasteiger partial charge in [0, 0.05) is 17.6 Å². The molecule has 1 aromatic rings. The molecule has 0 radical (unpaired) electrons. The highest BCUT2D eigenvalue weighted by molar-refractivity contribution is 14.1. The van der Waals surface area contributed by atoms with Crippen LogP contribution >= 0.6 is 34.2 Å². The van der Waals surface area contributed by atoms with Crippen LogP contribution in [0.25, 0.3) is 0 Å². The fourth-order valence-corrected chi connectivity index (χ4v) is 2.14. The van der Waals surface area contributed by atoms with Crippen LogP contribution in [0.1, 0.15) is 34.8 Å². The van der Waals surface area contributed by atoms with Crippen LogP contribution in [-0.4, -0.2) is 17.6 Å². The number of nitrogens with zero attached hydrogens (tertiary/aromatic N) is 1. The maximum atomic E-state index is 12.9. The van der Waals surface area contributed by atoms with E-state index in [1.54, 1.807) is 29.5 Å². The Balaban J connectivity index is 3.40. The summed E-state index contributed by atoms with van der Waals surface area (Å²) in [6, 6.07) is 0. The number of esters is 1. The summed E-state index contributed by atoms with van der Waals surface area (Å²) in [4.78, 5) is 15.4. The second-order valence-corrected chi connectivity index (χ2v) is 4.31. The van der Waals surface area contributed by atoms with Gasteiger partial charge in [0.15, 0.2) is 0 Å². The molecule has 7 heteroatoms. The summed E-state index contributed by atoms with van der Waals surface area (Å²) in [5, 5.41) is 0. The number of pyridine rings is 1. The van der Waals surface area contributed by atoms with Crippen LogP contribution < -0.4 is 0 Å². The Bertz CT molecular complexity index is 429. The quantitative estimate of drug-likeness (QED) is 0.350. The van der Waals surface area contributed by atoms with Gasteiger partial charge in [-0.3, -0.25) is 0 Å². The molecule has 1 aromatic heterocycles. The Hall–Kier alpha value is -0.500. The Kier molecular flexibility index (Phi) is 5.51. The van der Waals surface area contributed by atoms with E-state index in [2.05, 4.69) is 4.98 Å². The zero-order valence-electron chi connectivity index (χ0n) is 8.84. The fourth-order valence-electron chi connectivity index (χ4n) is 1.29. The molecule has 0 aliphatic heterocycles. The fraction of sp³-hybridized carbons (Fsp3) is 0.400. The third-order valence-electron chi connectivity index (χ3n) is 1.99. The SMILES string of the molecule is CCOC(=O)c1c(CCl)cnc(I)c1C(F)F. The lowest BCUT2D eigenvalue weighted by molar-refractivity contribution is 0.0513. The molecule has 0 saturated heterocycles. The molecule has 94 valence electrons. The Labute approximate surface area is 116 Å². The average Bonchev–Trinajstić information content (AvgIpc) is 2.28. The molecular formula is C10H9ClF2INO2. The minimum atomic E-state index is -2.79. The molecule has 0 spiro atoms. The molecule has 1 rings (SSSR count). The first kappa shape index (κ1) is 14.6. The molecule has 0 amide bonds. The molecule has 0 aliphatic rings. The summed E-state index contributed by atoms with van der Waals surface area (Å²) in [7, 11) is 0. The van der Waals surface area contributed by atoms with Crippen LogP contribution in [0.4, 0.5) is 8.78 Å². The first-order valence-corrected chi connectivity index (χ1v) is 6.32. The summed E-state index contributed by atoms with van der Waals surface area (Å²) in [6.07, 6.45) is -1.48. The highest BCUT2D eigenvalue weighted by Crippen LogP contribution is 2.30. The molecule has 0 aromatic carbocycles. The maximum absolute atomic E-state index is 12.9. The van der Waals surface area contributed by atoms with Crippen LogP contribution in [0.2, 0.25) is 0 Å². The van der Waals surface area contributed by atoms with E-state index in [9.17, 15) is 13.6 Å². The second-order valence-electron chi connectivity index (χ2n) is 3.02. The molecule has 0 N–H and O–H groups in total. The van der Waals surface area contributed by atoms with Gasteiger partial charge in [0.2, 0.25) is 0 Å². The number of hydrogen-bond acceptors (Lipinski definition) is 3. The van der Waals surface area contributed by atoms with Gasteiger partial charge in [0.25, 0.3) is 6.43 Å². The Morgan fingerprint density at radius 1 is 1.65 bits per heavy atom. The number of ether oxygens (including phenoxy) is 1. The number of hydrogen-bond donors (Lipinski definition) is 0. The minimum Gasteiger partial charge on any atom is -0.462 e. The van der Waals surface area contributed by atoms with Crippen molar-refractivity contribution < 1.29 is 18.3 Å². The minimum absolute atomic E-state index is 0.0716. The molecule has 0 atom stereocenters. The third-order valence-corrected chi connectivity index (χ3v) is 3.14. The van der Waals surface area contributed by atoms with Crippen molar-refractivity contribution in [2.24, 2.45) is 0 Å². The lowest BCUT2D eigenvalue weighted by Crippen LogP contribution is -2.14. The van der Waals surface area contributed by atoms with Crippen molar-refractivity contribution in [3.05, 3.63) is 26.6 Å². The topological polar surface area (TPSA) is 39.2 Å². The van der Waals surface area contributed by atoms with E-state index < -0.39 is 18.0 Å². The lowest BCUT2D eigenvalue weighted by atomic mass is 10.1. The van der Waals surface area contributed by atoms with Crippen LogP contribution in [0.15, 0.2) is 6.20 Å². The highest BCUT2D eigenvalue weighted by atomic mass is 127. The van der Waals surface area contributed by atoms with Crippen molar-refractivity contribution in [3.63, 3.8) is 0 Å². The van der Waals surface area contributed by atoms with E-state index in [0.29, 0.717) is 0 Å². The number of aromatic nitrogens is 1. The zero-order valence-corrected chi connectivity index (χ0v) is 11.8. The van der Waals surface area contributed by atoms with E-state index in [4.69, 9.17) is 16.3 Å². The molecule has 0 aliphatic carbocycles. The normalized spacial score (nSPS) is 10.7. The molecule has 17 heavy (non-hydrogen) atoms. The summed E-state index contributed by atoms with van der Waals surface area (Å²) >= 11 is 7.26. The molecule has 0 bridgehead atoms. The van der Waals surface area contributed by atoms with E-state index in [1.165, 1.54) is 6.20 Å². The highest BCUT2D eigenvalue weighted by Gasteiger charge is 2.26. The molecule has 1 heterocycles. The first-order valence-electron chi connectivity index (χ1n) is 4.71. The van der Waals surface area contributed by atoms with Gasteiger partial charge < -0.3 is 4.74 Å². The first-order chi connectivity index (χ1) is 8.02. The van der Waals surface area contributed by atoms with E-state index in [1.807, 2.05) is 0 Å². The van der Waals surface area contributed by atoms with Crippen molar-refractivity contribution in [1.29, 1.82) is 0 Å². The molecule has 0 unspecified atom stereocenters. The van der Waals surface area contributed by atoms with Gasteiger partial charge in [0.1, 0.15) is 3.70 Å². The Morgan fingerprint density at radius 3 is 2.76 bits per heavy atom. The predicted molar refractivity (Wildman–Crippen MR) is 67.4 cm³/mol. The van der Waals surface area contributed by atoms with Crippen molar-refractivity contribution in [3.8, 4) is 0 Å². The van der Waals surface area contributed by atoms with Gasteiger partial charge in [-0.2, -0.15) is 0 Å². The van der Waals surface area contributed by atoms with Crippen molar-refractivity contribution in [2.75, 3.05) is 6.61 Å². The van der Waals surface area contributed by atoms with Gasteiger partial charge in [0.05, 0.1) is 17.7 Å². The predicted octanol–water partition coefficient (Wildman–Crippen LogP) is 3.54. The molecule has 0 saturated carbocycles. The lowest BCUT2D eigenvalue weighted by Gasteiger charge is -2.12. The largest absolute Gasteiger partial charge is 0.462 e. The number of alkyl halides is 3. The van der Waals surface area contributed by atoms with E-state index >= 15 is 0 Å². The smallest absolute Gasteiger partial charge is 0.339 e. The maximum Gasteiger partial charge on any atom is 0.339 e. The van der Waals surface area contributed by atoms with Crippen molar-refractivity contribution in [1.82, 2.24) is 4.98 Å². The summed E-state index contributed by atoms with van der Waals surface area (Å²) in [5.41, 5.74) is -0.334. The number of halogens is 4. The standard InChI is InChI=1S/C10H9ClF2INO2/c1-2-17-10(16)6-5(3-11)4-15-9(14)7(6)8(12)13/h4,8H,2-3H2,1H3. The van der Waals surface area contributed by atoms with Crippen LogP contribution in [-0.2, 0) is 10.6 Å². The van der Waals surface area contributed by atoms with Crippen LogP contribution in [0, 0.1) is 3.70 Å². The monoisotopic (exact) mass is 375 g/mol. The van der Waals surface area contributed by atoms with E-state index in [0.717, 1.165) is 0 Å². The van der Waals surface area contributed by atoms with Crippen molar-refractivity contribution in [2.45, 2.75) is 19.2 Å². The number of rotatable bonds is 4. The summed E-state index contributed by atoms with van der Waals surface area (Å²) in [6.45, 7) is 1.72. The van der Waals surface area contributed by atoms with E-state index in [-0.39, 0.29) is 27.3 Å². The van der Waals surface area contributed by atoms with Gasteiger partial charge in [-0.25, -0.2) is 18.6 Å². The van der Waals surface area contributed by atoms with Crippen LogP contribution in [0.3, 0.4) is 0 Å². The summed E-state index contributed by atoms with van der Waals surface area (Å²) < 4.78 is 30.7. The molecule has 0 fully saturated rings. The van der Waals surface area contributed by atoms with Gasteiger partial charge in [-0.1, -0.05) is 0 Å². The third kappa shape index (κ3) is 3.25. The molecular weight excluding hydrogens is 366 g/mol.